The lowest BCUT2D eigenvalue weighted by Crippen LogP contribution is -2.14. The Labute approximate surface area is 144 Å². The second kappa shape index (κ2) is 7.37. The Morgan fingerprint density at radius 1 is 1.25 bits per heavy atom. The third-order valence-electron chi connectivity index (χ3n) is 2.97. The van der Waals surface area contributed by atoms with Crippen LogP contribution in [0.3, 0.4) is 0 Å². The van der Waals surface area contributed by atoms with Crippen LogP contribution in [0.25, 0.3) is 6.08 Å². The quantitative estimate of drug-likeness (QED) is 0.764. The number of carboxylic acids is 1. The second-order valence-electron chi connectivity index (χ2n) is 4.70. The van der Waals surface area contributed by atoms with Crippen molar-refractivity contribution >= 4 is 39.4 Å². The molecule has 0 spiro atoms. The van der Waals surface area contributed by atoms with Crippen LogP contribution in [-0.4, -0.2) is 26.6 Å². The van der Waals surface area contributed by atoms with E-state index in [4.69, 9.17) is 21.4 Å². The fraction of sp³-hybridized carbons (Fsp3) is 0.0625. The van der Waals surface area contributed by atoms with Crippen molar-refractivity contribution in [1.29, 1.82) is 0 Å². The van der Waals surface area contributed by atoms with E-state index in [1.165, 1.54) is 31.4 Å². The van der Waals surface area contributed by atoms with Gasteiger partial charge >= 0.3 is 5.97 Å². The van der Waals surface area contributed by atoms with Crippen molar-refractivity contribution in [2.45, 2.75) is 4.90 Å². The zero-order valence-corrected chi connectivity index (χ0v) is 14.1. The van der Waals surface area contributed by atoms with Gasteiger partial charge in [-0.2, -0.15) is 0 Å². The molecule has 0 fully saturated rings. The largest absolute Gasteiger partial charge is 0.495 e. The van der Waals surface area contributed by atoms with Crippen LogP contribution >= 0.6 is 11.6 Å². The maximum absolute atomic E-state index is 12.6. The molecule has 6 nitrogen and oxygen atoms in total. The SMILES string of the molecule is COc1ccc(C=CC(=O)O)cc1S(=O)(=O)Nc1cccc(Cl)c1. The summed E-state index contributed by atoms with van der Waals surface area (Å²) in [5, 5.41) is 9.06. The normalized spacial score (nSPS) is 11.4. The summed E-state index contributed by atoms with van der Waals surface area (Å²) >= 11 is 5.85. The van der Waals surface area contributed by atoms with Gasteiger partial charge in [-0.15, -0.1) is 0 Å². The maximum atomic E-state index is 12.6. The second-order valence-corrected chi connectivity index (χ2v) is 6.78. The Kier molecular flexibility index (Phi) is 5.48. The van der Waals surface area contributed by atoms with Gasteiger partial charge in [-0.3, -0.25) is 4.72 Å². The van der Waals surface area contributed by atoms with E-state index >= 15 is 0 Å². The van der Waals surface area contributed by atoms with Gasteiger partial charge in [-0.1, -0.05) is 23.7 Å². The topological polar surface area (TPSA) is 92.7 Å². The molecule has 2 aromatic rings. The number of hydrogen-bond acceptors (Lipinski definition) is 4. The van der Waals surface area contributed by atoms with E-state index in [1.54, 1.807) is 24.3 Å². The minimum absolute atomic E-state index is 0.113. The number of sulfonamides is 1. The summed E-state index contributed by atoms with van der Waals surface area (Å²) in [6.45, 7) is 0. The van der Waals surface area contributed by atoms with E-state index in [0.29, 0.717) is 16.3 Å². The summed E-state index contributed by atoms with van der Waals surface area (Å²) in [7, 11) is -2.60. The van der Waals surface area contributed by atoms with Crippen LogP contribution in [0.4, 0.5) is 5.69 Å². The van der Waals surface area contributed by atoms with Gasteiger partial charge in [0.05, 0.1) is 12.8 Å². The van der Waals surface area contributed by atoms with Gasteiger partial charge < -0.3 is 9.84 Å². The number of rotatable bonds is 6. The van der Waals surface area contributed by atoms with Crippen LogP contribution in [0.2, 0.25) is 5.02 Å². The highest BCUT2D eigenvalue weighted by Crippen LogP contribution is 2.28. The number of ether oxygens (including phenoxy) is 1. The average molecular weight is 368 g/mol. The summed E-state index contributed by atoms with van der Waals surface area (Å²) in [5.74, 6) is -0.996. The Bertz CT molecular complexity index is 893. The molecule has 0 aliphatic heterocycles. The standard InChI is InChI=1S/C16H14ClNO5S/c1-23-14-7-5-11(6-8-16(19)20)9-15(14)24(21,22)18-13-4-2-3-12(17)10-13/h2-10,18H,1H3,(H,19,20). The van der Waals surface area contributed by atoms with E-state index in [2.05, 4.69) is 4.72 Å². The first-order valence-electron chi connectivity index (χ1n) is 6.69. The first-order chi connectivity index (χ1) is 11.3. The van der Waals surface area contributed by atoms with Gasteiger partial charge in [-0.25, -0.2) is 13.2 Å². The molecule has 126 valence electrons. The molecular weight excluding hydrogens is 354 g/mol. The monoisotopic (exact) mass is 367 g/mol. The number of hydrogen-bond donors (Lipinski definition) is 2. The molecule has 0 atom stereocenters. The van der Waals surface area contributed by atoms with Crippen molar-refractivity contribution < 1.29 is 23.1 Å². The van der Waals surface area contributed by atoms with Crippen LogP contribution in [0, 0.1) is 0 Å². The zero-order chi connectivity index (χ0) is 17.7. The number of methoxy groups -OCH3 is 1. The summed E-state index contributed by atoms with van der Waals surface area (Å²) in [6.07, 6.45) is 2.21. The molecule has 0 aromatic heterocycles. The molecule has 0 unspecified atom stereocenters. The number of aliphatic carboxylic acids is 1. The molecule has 0 amide bonds. The van der Waals surface area contributed by atoms with Crippen LogP contribution in [0.5, 0.6) is 5.75 Å². The summed E-state index contributed by atoms with van der Waals surface area (Å²) in [6, 6.07) is 10.6. The van der Waals surface area contributed by atoms with Crippen molar-refractivity contribution in [2.75, 3.05) is 11.8 Å². The highest BCUT2D eigenvalue weighted by atomic mass is 35.5. The number of anilines is 1. The van der Waals surface area contributed by atoms with Crippen molar-refractivity contribution in [2.24, 2.45) is 0 Å². The Morgan fingerprint density at radius 2 is 2.00 bits per heavy atom. The molecule has 0 aliphatic carbocycles. The van der Waals surface area contributed by atoms with Crippen molar-refractivity contribution in [1.82, 2.24) is 0 Å². The molecule has 0 saturated carbocycles. The molecule has 0 saturated heterocycles. The molecule has 2 aromatic carbocycles. The third-order valence-corrected chi connectivity index (χ3v) is 4.61. The van der Waals surface area contributed by atoms with Crippen molar-refractivity contribution in [3.63, 3.8) is 0 Å². The smallest absolute Gasteiger partial charge is 0.328 e. The van der Waals surface area contributed by atoms with Gasteiger partial charge in [0.2, 0.25) is 0 Å². The zero-order valence-electron chi connectivity index (χ0n) is 12.6. The summed E-state index contributed by atoms with van der Waals surface area (Å²) < 4.78 is 32.7. The molecule has 0 aliphatic rings. The third kappa shape index (κ3) is 4.50. The molecule has 8 heteroatoms. The number of carboxylic acid groups (broad SMARTS) is 1. The van der Waals surface area contributed by atoms with E-state index < -0.39 is 16.0 Å². The minimum Gasteiger partial charge on any atom is -0.495 e. The van der Waals surface area contributed by atoms with E-state index in [0.717, 1.165) is 6.08 Å². The van der Waals surface area contributed by atoms with Crippen LogP contribution in [0.15, 0.2) is 53.4 Å². The van der Waals surface area contributed by atoms with Gasteiger partial charge in [-0.05, 0) is 42.0 Å². The number of carbonyl (C=O) groups is 1. The molecule has 0 heterocycles. The van der Waals surface area contributed by atoms with Gasteiger partial charge in [0.1, 0.15) is 10.6 Å². The fourth-order valence-corrected chi connectivity index (χ4v) is 3.38. The number of halogens is 1. The predicted octanol–water partition coefficient (Wildman–Crippen LogP) is 3.25. The van der Waals surface area contributed by atoms with Crippen molar-refractivity contribution in [3.05, 3.63) is 59.1 Å². The Morgan fingerprint density at radius 3 is 2.62 bits per heavy atom. The highest BCUT2D eigenvalue weighted by Gasteiger charge is 2.20. The summed E-state index contributed by atoms with van der Waals surface area (Å²) in [5.41, 5.74) is 0.709. The fourth-order valence-electron chi connectivity index (χ4n) is 1.94. The number of nitrogens with one attached hydrogen (secondary N) is 1. The molecule has 24 heavy (non-hydrogen) atoms. The van der Waals surface area contributed by atoms with Gasteiger partial charge in [0, 0.05) is 11.1 Å². The lowest BCUT2D eigenvalue weighted by atomic mass is 10.2. The molecular formula is C16H14ClNO5S. The summed E-state index contributed by atoms with van der Waals surface area (Å²) in [4.78, 5) is 10.5. The maximum Gasteiger partial charge on any atom is 0.328 e. The van der Waals surface area contributed by atoms with Gasteiger partial charge in [0.15, 0.2) is 0 Å². The molecule has 0 bridgehead atoms. The lowest BCUT2D eigenvalue weighted by molar-refractivity contribution is -0.131. The first-order valence-corrected chi connectivity index (χ1v) is 8.55. The predicted molar refractivity (Wildman–Crippen MR) is 91.9 cm³/mol. The molecule has 0 radical (unpaired) electrons. The van der Waals surface area contributed by atoms with E-state index in [-0.39, 0.29) is 10.6 Å². The van der Waals surface area contributed by atoms with Crippen molar-refractivity contribution in [3.8, 4) is 5.75 Å². The first kappa shape index (κ1) is 17.8. The van der Waals surface area contributed by atoms with Crippen LogP contribution in [-0.2, 0) is 14.8 Å². The average Bonchev–Trinajstić information content (AvgIpc) is 2.52. The Balaban J connectivity index is 2.43. The van der Waals surface area contributed by atoms with Gasteiger partial charge in [0.25, 0.3) is 10.0 Å². The van der Waals surface area contributed by atoms with Crippen LogP contribution < -0.4 is 9.46 Å². The van der Waals surface area contributed by atoms with E-state index in [1.807, 2.05) is 0 Å². The lowest BCUT2D eigenvalue weighted by Gasteiger charge is -2.12. The highest BCUT2D eigenvalue weighted by molar-refractivity contribution is 7.92. The molecule has 2 N–H and O–H groups in total. The molecule has 2 rings (SSSR count). The number of benzene rings is 2. The minimum atomic E-state index is -3.95. The van der Waals surface area contributed by atoms with Crippen LogP contribution in [0.1, 0.15) is 5.56 Å². The Hall–Kier alpha value is -2.51. The van der Waals surface area contributed by atoms with E-state index in [9.17, 15) is 13.2 Å².